The first kappa shape index (κ1) is 10.5. The molecule has 0 spiro atoms. The zero-order chi connectivity index (χ0) is 10.0. The van der Waals surface area contributed by atoms with E-state index >= 15 is 0 Å². The average molecular weight is 306 g/mol. The number of hydrogen-bond donors (Lipinski definition) is 1. The Morgan fingerprint density at radius 1 is 1.77 bits per heavy atom. The van der Waals surface area contributed by atoms with Gasteiger partial charge < -0.3 is 5.73 Å². The molecule has 1 aromatic rings. The Morgan fingerprint density at radius 2 is 2.38 bits per heavy atom. The van der Waals surface area contributed by atoms with Crippen molar-refractivity contribution in [1.29, 1.82) is 0 Å². The molecule has 68 valence electrons. The Hall–Kier alpha value is -0.610. The number of carbonyl (C=O) groups excluding carboxylic acids is 1. The van der Waals surface area contributed by atoms with Crippen LogP contribution in [0.1, 0.15) is 21.5 Å². The minimum Gasteiger partial charge on any atom is -0.365 e. The quantitative estimate of drug-likeness (QED) is 0.662. The van der Waals surface area contributed by atoms with Gasteiger partial charge in [-0.25, -0.2) is 4.85 Å². The molecule has 3 nitrogen and oxygen atoms in total. The molecule has 2 N–H and O–H groups in total. The zero-order valence-corrected chi connectivity index (χ0v) is 9.90. The smallest absolute Gasteiger partial charge is 0.258 e. The summed E-state index contributed by atoms with van der Waals surface area (Å²) in [5, 5.41) is 0. The van der Waals surface area contributed by atoms with E-state index in [1.807, 2.05) is 29.5 Å². The van der Waals surface area contributed by atoms with Gasteiger partial charge in [0.25, 0.3) is 5.91 Å². The molecule has 1 heterocycles. The molecule has 0 radical (unpaired) electrons. The maximum atomic E-state index is 10.9. The summed E-state index contributed by atoms with van der Waals surface area (Å²) in [4.78, 5) is 15.8. The molecule has 0 saturated heterocycles. The summed E-state index contributed by atoms with van der Waals surface area (Å²) in [5.74, 6) is -0.445. The predicted molar refractivity (Wildman–Crippen MR) is 61.2 cm³/mol. The van der Waals surface area contributed by atoms with Gasteiger partial charge in [0.05, 0.1) is 11.4 Å². The lowest BCUT2D eigenvalue weighted by molar-refractivity contribution is 0.100. The van der Waals surface area contributed by atoms with Crippen molar-refractivity contribution < 1.29 is 4.79 Å². The van der Waals surface area contributed by atoms with Gasteiger partial charge in [0.15, 0.2) is 0 Å². The number of aryl methyl sites for hydroxylation is 1. The summed E-state index contributed by atoms with van der Waals surface area (Å²) in [6, 6.07) is 0. The van der Waals surface area contributed by atoms with Crippen LogP contribution in [-0.4, -0.2) is 5.91 Å². The average Bonchev–Trinajstić information content (AvgIpc) is 2.41. The van der Waals surface area contributed by atoms with E-state index in [-0.39, 0.29) is 0 Å². The maximum Gasteiger partial charge on any atom is 0.258 e. The largest absolute Gasteiger partial charge is 0.365 e. The summed E-state index contributed by atoms with van der Waals surface area (Å²) < 4.78 is 0.696. The molecular weight excluding hydrogens is 299 g/mol. The first-order chi connectivity index (χ1) is 6.11. The molecule has 13 heavy (non-hydrogen) atoms. The second-order valence-corrected chi connectivity index (χ2v) is 4.53. The monoisotopic (exact) mass is 306 g/mol. The van der Waals surface area contributed by atoms with Gasteiger partial charge in [-0.1, -0.05) is 29.5 Å². The van der Waals surface area contributed by atoms with Crippen LogP contribution >= 0.6 is 33.9 Å². The van der Waals surface area contributed by atoms with Crippen LogP contribution in [0.15, 0.2) is 0 Å². The lowest BCUT2D eigenvalue weighted by Gasteiger charge is -1.89. The molecule has 0 bridgehead atoms. The SMILES string of the molecule is [C-]#[N+]c1c(CC)sc(C(N)=O)c1I. The fraction of sp³-hybridized carbons (Fsp3) is 0.250. The molecular formula is C8H7IN2OS. The fourth-order valence-electron chi connectivity index (χ4n) is 0.956. The van der Waals surface area contributed by atoms with Gasteiger partial charge in [-0.3, -0.25) is 4.79 Å². The number of hydrogen-bond acceptors (Lipinski definition) is 2. The highest BCUT2D eigenvalue weighted by Crippen LogP contribution is 2.36. The third-order valence-corrected chi connectivity index (χ3v) is 4.31. The van der Waals surface area contributed by atoms with Crippen LogP contribution in [-0.2, 0) is 6.42 Å². The van der Waals surface area contributed by atoms with E-state index in [0.29, 0.717) is 14.1 Å². The maximum absolute atomic E-state index is 10.9. The van der Waals surface area contributed by atoms with Crippen molar-refractivity contribution in [3.8, 4) is 0 Å². The van der Waals surface area contributed by atoms with Gasteiger partial charge in [0.2, 0.25) is 5.69 Å². The first-order valence-corrected chi connectivity index (χ1v) is 5.49. The molecule has 0 saturated carbocycles. The van der Waals surface area contributed by atoms with Crippen LogP contribution in [0, 0.1) is 10.1 Å². The van der Waals surface area contributed by atoms with E-state index in [0.717, 1.165) is 11.3 Å². The highest BCUT2D eigenvalue weighted by atomic mass is 127. The minimum absolute atomic E-state index is 0.445. The molecule has 0 aliphatic heterocycles. The van der Waals surface area contributed by atoms with E-state index < -0.39 is 5.91 Å². The molecule has 1 rings (SSSR count). The molecule has 1 amide bonds. The number of thiophene rings is 1. The Bertz CT molecular complexity index is 392. The highest BCUT2D eigenvalue weighted by molar-refractivity contribution is 14.1. The third-order valence-electron chi connectivity index (χ3n) is 1.55. The Balaban J connectivity index is 3.37. The topological polar surface area (TPSA) is 47.5 Å². The number of nitrogens with two attached hydrogens (primary N) is 1. The lowest BCUT2D eigenvalue weighted by Crippen LogP contribution is -2.09. The molecule has 1 aromatic heterocycles. The second kappa shape index (κ2) is 4.07. The minimum atomic E-state index is -0.445. The van der Waals surface area contributed by atoms with Gasteiger partial charge in [0, 0.05) is 8.45 Å². The summed E-state index contributed by atoms with van der Waals surface area (Å²) in [6.45, 7) is 8.92. The zero-order valence-electron chi connectivity index (χ0n) is 6.93. The molecule has 5 heteroatoms. The molecule has 0 aliphatic rings. The van der Waals surface area contributed by atoms with Crippen LogP contribution in [0.4, 0.5) is 5.69 Å². The second-order valence-electron chi connectivity index (χ2n) is 2.35. The number of amides is 1. The molecule has 0 fully saturated rings. The van der Waals surface area contributed by atoms with Crippen LogP contribution in [0.5, 0.6) is 0 Å². The molecule has 0 aliphatic carbocycles. The normalized spacial score (nSPS) is 9.62. The Morgan fingerprint density at radius 3 is 2.69 bits per heavy atom. The van der Waals surface area contributed by atoms with E-state index in [9.17, 15) is 4.79 Å². The van der Waals surface area contributed by atoms with Gasteiger partial charge in [-0.05, 0) is 6.42 Å². The summed E-state index contributed by atoms with van der Waals surface area (Å²) >= 11 is 3.32. The van der Waals surface area contributed by atoms with E-state index in [1.54, 1.807) is 0 Å². The molecule has 0 unspecified atom stereocenters. The van der Waals surface area contributed by atoms with E-state index in [1.165, 1.54) is 11.3 Å². The van der Waals surface area contributed by atoms with E-state index in [4.69, 9.17) is 12.3 Å². The Labute approximate surface area is 93.9 Å². The van der Waals surface area contributed by atoms with Crippen molar-refractivity contribution in [2.24, 2.45) is 5.73 Å². The van der Waals surface area contributed by atoms with Crippen molar-refractivity contribution >= 4 is 45.5 Å². The van der Waals surface area contributed by atoms with Crippen LogP contribution in [0.25, 0.3) is 4.85 Å². The van der Waals surface area contributed by atoms with Crippen LogP contribution < -0.4 is 5.73 Å². The summed E-state index contributed by atoms with van der Waals surface area (Å²) in [6.07, 6.45) is 0.770. The van der Waals surface area contributed by atoms with Crippen molar-refractivity contribution in [3.05, 3.63) is 24.7 Å². The highest BCUT2D eigenvalue weighted by Gasteiger charge is 2.18. The van der Waals surface area contributed by atoms with Crippen molar-refractivity contribution in [1.82, 2.24) is 0 Å². The standard InChI is InChI=1S/C8H7IN2OS/c1-3-4-6(11-2)5(9)7(13-4)8(10)12/h3H2,1H3,(H2,10,12). The lowest BCUT2D eigenvalue weighted by atomic mass is 10.3. The summed E-state index contributed by atoms with van der Waals surface area (Å²) in [7, 11) is 0. The molecule has 0 atom stereocenters. The number of rotatable bonds is 2. The number of nitrogens with zero attached hydrogens (tertiary/aromatic N) is 1. The number of primary amides is 1. The molecule has 0 aromatic carbocycles. The van der Waals surface area contributed by atoms with Crippen molar-refractivity contribution in [3.63, 3.8) is 0 Å². The van der Waals surface area contributed by atoms with Crippen LogP contribution in [0.2, 0.25) is 0 Å². The predicted octanol–water partition coefficient (Wildman–Crippen LogP) is 2.56. The van der Waals surface area contributed by atoms with Crippen molar-refractivity contribution in [2.75, 3.05) is 0 Å². The van der Waals surface area contributed by atoms with Gasteiger partial charge in [0.1, 0.15) is 0 Å². The number of carbonyl (C=O) groups is 1. The van der Waals surface area contributed by atoms with Gasteiger partial charge in [-0.15, -0.1) is 11.3 Å². The first-order valence-electron chi connectivity index (χ1n) is 3.60. The van der Waals surface area contributed by atoms with Gasteiger partial charge in [-0.2, -0.15) is 0 Å². The third kappa shape index (κ3) is 1.84. The van der Waals surface area contributed by atoms with Gasteiger partial charge >= 0.3 is 0 Å². The van der Waals surface area contributed by atoms with E-state index in [2.05, 4.69) is 4.85 Å². The Kier molecular flexibility index (Phi) is 3.27. The van der Waals surface area contributed by atoms with Crippen LogP contribution in [0.3, 0.4) is 0 Å². The van der Waals surface area contributed by atoms with Crippen molar-refractivity contribution in [2.45, 2.75) is 13.3 Å². The fourth-order valence-corrected chi connectivity index (χ4v) is 3.10. The number of halogens is 1. The summed E-state index contributed by atoms with van der Waals surface area (Å²) in [5.41, 5.74) is 5.76.